The second-order valence-electron chi connectivity index (χ2n) is 7.41. The predicted octanol–water partition coefficient (Wildman–Crippen LogP) is 4.58. The molecule has 1 aliphatic rings. The maximum absolute atomic E-state index is 14.7. The number of benzene rings is 2. The number of nitrogens with zero attached hydrogens (tertiary/aromatic N) is 1. The van der Waals surface area contributed by atoms with Crippen LogP contribution >= 0.6 is 11.6 Å². The average Bonchev–Trinajstić information content (AvgIpc) is 2.75. The Bertz CT molecular complexity index is 825. The number of alkyl halides is 1. The summed E-state index contributed by atoms with van der Waals surface area (Å²) in [6, 6.07) is 14.4. The second kappa shape index (κ2) is 10.4. The van der Waals surface area contributed by atoms with E-state index >= 15 is 0 Å². The lowest BCUT2D eigenvalue weighted by Crippen LogP contribution is -2.47. The number of carbonyl (C=O) groups excluding carboxylic acids is 2. The molecule has 1 atom stereocenters. The molecule has 154 valence electrons. The molecule has 0 radical (unpaired) electrons. The molecule has 1 unspecified atom stereocenters. The summed E-state index contributed by atoms with van der Waals surface area (Å²) in [5.41, 5.74) is 1.02. The standard InChI is InChI=1S/C23H26ClFN2O2/c24-15-21(28)27(16-17-9-3-1-4-10-17)22(19-13-7-8-14-20(19)25)23(29)26-18-11-5-2-6-12-18/h1,3-4,7-10,13-14,18,22H,2,5-6,11-12,15-16H2,(H,26,29). The molecule has 6 heteroatoms. The van der Waals surface area contributed by atoms with Gasteiger partial charge in [-0.05, 0) is 24.5 Å². The summed E-state index contributed by atoms with van der Waals surface area (Å²) in [4.78, 5) is 27.4. The quantitative estimate of drug-likeness (QED) is 0.671. The van der Waals surface area contributed by atoms with Gasteiger partial charge in [-0.3, -0.25) is 9.59 Å². The summed E-state index contributed by atoms with van der Waals surface area (Å²) in [6.45, 7) is 0.170. The first-order valence-electron chi connectivity index (χ1n) is 10.0. The second-order valence-corrected chi connectivity index (χ2v) is 7.68. The van der Waals surface area contributed by atoms with Gasteiger partial charge in [-0.15, -0.1) is 11.6 Å². The van der Waals surface area contributed by atoms with E-state index in [0.29, 0.717) is 0 Å². The third-order valence-electron chi connectivity index (χ3n) is 5.34. The Morgan fingerprint density at radius 1 is 1.03 bits per heavy atom. The normalized spacial score (nSPS) is 15.5. The van der Waals surface area contributed by atoms with Gasteiger partial charge in [0.2, 0.25) is 11.8 Å². The van der Waals surface area contributed by atoms with E-state index in [-0.39, 0.29) is 29.9 Å². The third-order valence-corrected chi connectivity index (χ3v) is 5.57. The Labute approximate surface area is 176 Å². The van der Waals surface area contributed by atoms with Gasteiger partial charge in [0, 0.05) is 18.2 Å². The Balaban J connectivity index is 1.95. The summed E-state index contributed by atoms with van der Waals surface area (Å²) < 4.78 is 14.7. The molecule has 2 aromatic carbocycles. The van der Waals surface area contributed by atoms with Gasteiger partial charge >= 0.3 is 0 Å². The Hall–Kier alpha value is -2.40. The first kappa shape index (κ1) is 21.3. The van der Waals surface area contributed by atoms with Crippen molar-refractivity contribution in [2.24, 2.45) is 0 Å². The fourth-order valence-corrected chi connectivity index (χ4v) is 4.01. The maximum Gasteiger partial charge on any atom is 0.247 e. The van der Waals surface area contributed by atoms with E-state index in [1.165, 1.54) is 11.0 Å². The van der Waals surface area contributed by atoms with Crippen molar-refractivity contribution in [1.29, 1.82) is 0 Å². The van der Waals surface area contributed by atoms with Gasteiger partial charge in [0.05, 0.1) is 0 Å². The summed E-state index contributed by atoms with van der Waals surface area (Å²) in [5, 5.41) is 3.05. The molecule has 0 aromatic heterocycles. The average molecular weight is 417 g/mol. The topological polar surface area (TPSA) is 49.4 Å². The minimum atomic E-state index is -1.08. The summed E-state index contributed by atoms with van der Waals surface area (Å²) in [7, 11) is 0. The van der Waals surface area contributed by atoms with Crippen LogP contribution in [0.3, 0.4) is 0 Å². The van der Waals surface area contributed by atoms with Gasteiger partial charge in [0.1, 0.15) is 17.7 Å². The Kier molecular flexibility index (Phi) is 7.64. The van der Waals surface area contributed by atoms with Gasteiger partial charge in [0.15, 0.2) is 0 Å². The molecule has 2 aromatic rings. The lowest BCUT2D eigenvalue weighted by molar-refractivity contribution is -0.140. The van der Waals surface area contributed by atoms with Crippen LogP contribution in [0.5, 0.6) is 0 Å². The van der Waals surface area contributed by atoms with Gasteiger partial charge in [-0.25, -0.2) is 4.39 Å². The molecule has 0 bridgehead atoms. The van der Waals surface area contributed by atoms with E-state index in [2.05, 4.69) is 5.32 Å². The van der Waals surface area contributed by atoms with Crippen molar-refractivity contribution in [3.63, 3.8) is 0 Å². The summed E-state index contributed by atoms with van der Waals surface area (Å²) in [6.07, 6.45) is 5.08. The monoisotopic (exact) mass is 416 g/mol. The van der Waals surface area contributed by atoms with Crippen molar-refractivity contribution < 1.29 is 14.0 Å². The van der Waals surface area contributed by atoms with Crippen LogP contribution in [0, 0.1) is 5.82 Å². The van der Waals surface area contributed by atoms with Gasteiger partial charge in [-0.2, -0.15) is 0 Å². The number of amides is 2. The van der Waals surface area contributed by atoms with E-state index in [1.54, 1.807) is 18.2 Å². The van der Waals surface area contributed by atoms with Crippen molar-refractivity contribution in [3.05, 3.63) is 71.5 Å². The van der Waals surface area contributed by atoms with Crippen LogP contribution < -0.4 is 5.32 Å². The zero-order chi connectivity index (χ0) is 20.6. The molecular formula is C23H26ClFN2O2. The number of hydrogen-bond donors (Lipinski definition) is 1. The highest BCUT2D eigenvalue weighted by Gasteiger charge is 2.34. The van der Waals surface area contributed by atoms with Crippen LogP contribution in [0.1, 0.15) is 49.3 Å². The lowest BCUT2D eigenvalue weighted by Gasteiger charge is -2.33. The highest BCUT2D eigenvalue weighted by atomic mass is 35.5. The van der Waals surface area contributed by atoms with E-state index in [1.807, 2.05) is 30.3 Å². The van der Waals surface area contributed by atoms with Crippen molar-refractivity contribution in [3.8, 4) is 0 Å². The van der Waals surface area contributed by atoms with E-state index in [0.717, 1.165) is 37.7 Å². The molecule has 1 fully saturated rings. The molecular weight excluding hydrogens is 391 g/mol. The Morgan fingerprint density at radius 2 is 1.69 bits per heavy atom. The Morgan fingerprint density at radius 3 is 2.34 bits per heavy atom. The first-order chi connectivity index (χ1) is 14.1. The van der Waals surface area contributed by atoms with Crippen LogP contribution in [0.15, 0.2) is 54.6 Å². The first-order valence-corrected chi connectivity index (χ1v) is 10.6. The highest BCUT2D eigenvalue weighted by molar-refractivity contribution is 6.27. The molecule has 0 saturated heterocycles. The van der Waals surface area contributed by atoms with Crippen LogP contribution in [0.2, 0.25) is 0 Å². The minimum Gasteiger partial charge on any atom is -0.351 e. The number of nitrogens with one attached hydrogen (secondary N) is 1. The largest absolute Gasteiger partial charge is 0.351 e. The van der Waals surface area contributed by atoms with Gasteiger partial charge in [0.25, 0.3) is 0 Å². The predicted molar refractivity (Wildman–Crippen MR) is 112 cm³/mol. The molecule has 4 nitrogen and oxygen atoms in total. The van der Waals surface area contributed by atoms with Crippen LogP contribution in [-0.2, 0) is 16.1 Å². The number of rotatable bonds is 7. The molecule has 3 rings (SSSR count). The van der Waals surface area contributed by atoms with Crippen molar-refractivity contribution in [2.45, 2.75) is 50.7 Å². The molecule has 0 heterocycles. The summed E-state index contributed by atoms with van der Waals surface area (Å²) >= 11 is 5.86. The highest BCUT2D eigenvalue weighted by Crippen LogP contribution is 2.27. The molecule has 2 amide bonds. The maximum atomic E-state index is 14.7. The summed E-state index contributed by atoms with van der Waals surface area (Å²) in [5.74, 6) is -1.58. The van der Waals surface area contributed by atoms with Crippen LogP contribution in [0.4, 0.5) is 4.39 Å². The molecule has 1 aliphatic carbocycles. The van der Waals surface area contributed by atoms with Crippen molar-refractivity contribution in [1.82, 2.24) is 10.2 Å². The van der Waals surface area contributed by atoms with Crippen LogP contribution in [-0.4, -0.2) is 28.6 Å². The van der Waals surface area contributed by atoms with Gasteiger partial charge in [-0.1, -0.05) is 67.8 Å². The molecule has 29 heavy (non-hydrogen) atoms. The number of halogens is 2. The molecule has 1 N–H and O–H groups in total. The van der Waals surface area contributed by atoms with Gasteiger partial charge < -0.3 is 10.2 Å². The van der Waals surface area contributed by atoms with Crippen LogP contribution in [0.25, 0.3) is 0 Å². The fraction of sp³-hybridized carbons (Fsp3) is 0.391. The van der Waals surface area contributed by atoms with E-state index < -0.39 is 17.8 Å². The molecule has 0 spiro atoms. The van der Waals surface area contributed by atoms with E-state index in [9.17, 15) is 14.0 Å². The molecule has 1 saturated carbocycles. The number of hydrogen-bond acceptors (Lipinski definition) is 2. The molecule has 0 aliphatic heterocycles. The third kappa shape index (κ3) is 5.57. The zero-order valence-electron chi connectivity index (χ0n) is 16.3. The number of carbonyl (C=O) groups is 2. The van der Waals surface area contributed by atoms with E-state index in [4.69, 9.17) is 11.6 Å². The smallest absolute Gasteiger partial charge is 0.247 e. The van der Waals surface area contributed by atoms with Crippen molar-refractivity contribution >= 4 is 23.4 Å². The SMILES string of the molecule is O=C(NC1CCCCC1)C(c1ccccc1F)N(Cc1ccccc1)C(=O)CCl. The fourth-order valence-electron chi connectivity index (χ4n) is 3.85. The van der Waals surface area contributed by atoms with Crippen molar-refractivity contribution in [2.75, 3.05) is 5.88 Å². The zero-order valence-corrected chi connectivity index (χ0v) is 17.1. The minimum absolute atomic E-state index is 0.0511. The lowest BCUT2D eigenvalue weighted by atomic mass is 9.94.